The third-order valence-corrected chi connectivity index (χ3v) is 2.43. The molecule has 1 rings (SSSR count). The zero-order valence-corrected chi connectivity index (χ0v) is 8.97. The van der Waals surface area contributed by atoms with Crippen molar-refractivity contribution in [1.82, 2.24) is 4.90 Å². The van der Waals surface area contributed by atoms with E-state index in [0.29, 0.717) is 0 Å². The van der Waals surface area contributed by atoms with E-state index < -0.39 is 0 Å². The van der Waals surface area contributed by atoms with Crippen molar-refractivity contribution in [1.29, 1.82) is 0 Å². The molecule has 1 fully saturated rings. The molecule has 1 aliphatic rings. The Kier molecular flexibility index (Phi) is 3.23. The molecule has 0 atom stereocenters. The predicted octanol–water partition coefficient (Wildman–Crippen LogP) is 1.72. The highest BCUT2D eigenvalue weighted by Gasteiger charge is 2.11. The number of allylic oxidation sites excluding steroid dienone is 1. The van der Waals surface area contributed by atoms with Crippen molar-refractivity contribution in [3.63, 3.8) is 0 Å². The second-order valence-electron chi connectivity index (χ2n) is 4.84. The Morgan fingerprint density at radius 2 is 1.69 bits per heavy atom. The van der Waals surface area contributed by atoms with Gasteiger partial charge in [-0.15, -0.1) is 5.76 Å². The summed E-state index contributed by atoms with van der Waals surface area (Å²) in [4.78, 5) is 2.16. The Hall–Kier alpha value is -0.660. The highest BCUT2D eigenvalue weighted by Crippen LogP contribution is 2.21. The van der Waals surface area contributed by atoms with Crippen LogP contribution in [0.5, 0.6) is 0 Å². The van der Waals surface area contributed by atoms with Gasteiger partial charge in [-0.05, 0) is 30.9 Å². The van der Waals surface area contributed by atoms with Gasteiger partial charge in [0.1, 0.15) is 0 Å². The fraction of sp³-hybridized carbons (Fsp3) is 0.818. The summed E-state index contributed by atoms with van der Waals surface area (Å²) in [6, 6.07) is 0. The van der Waals surface area contributed by atoms with Crippen molar-refractivity contribution in [2.24, 2.45) is 5.41 Å². The van der Waals surface area contributed by atoms with Crippen molar-refractivity contribution in [3.8, 4) is 0 Å². The molecule has 1 heterocycles. The van der Waals surface area contributed by atoms with Crippen LogP contribution in [0.2, 0.25) is 0 Å². The van der Waals surface area contributed by atoms with E-state index in [1.807, 2.05) is 20.8 Å². The molecule has 0 unspecified atom stereocenters. The minimum Gasteiger partial charge on any atom is -0.874 e. The molecular weight excluding hydrogens is 162 g/mol. The van der Waals surface area contributed by atoms with Gasteiger partial charge in [0.15, 0.2) is 0 Å². The van der Waals surface area contributed by atoms with Crippen LogP contribution in [0.25, 0.3) is 0 Å². The van der Waals surface area contributed by atoms with Gasteiger partial charge in [-0.25, -0.2) is 0 Å². The van der Waals surface area contributed by atoms with Crippen LogP contribution in [0.1, 0.15) is 40.0 Å². The van der Waals surface area contributed by atoms with E-state index in [2.05, 4.69) is 4.90 Å². The van der Waals surface area contributed by atoms with Crippen molar-refractivity contribution in [2.75, 3.05) is 13.1 Å². The Morgan fingerprint density at radius 3 is 2.15 bits per heavy atom. The summed E-state index contributed by atoms with van der Waals surface area (Å²) >= 11 is 0. The Bertz CT molecular complexity index is 185. The maximum Gasteiger partial charge on any atom is 0.0172 e. The number of hydrogen-bond donors (Lipinski definition) is 0. The summed E-state index contributed by atoms with van der Waals surface area (Å²) < 4.78 is 0. The number of hydrogen-bond acceptors (Lipinski definition) is 2. The van der Waals surface area contributed by atoms with Crippen LogP contribution in [0.15, 0.2) is 12.0 Å². The lowest BCUT2D eigenvalue weighted by atomic mass is 9.94. The van der Waals surface area contributed by atoms with Crippen molar-refractivity contribution in [3.05, 3.63) is 12.0 Å². The van der Waals surface area contributed by atoms with Crippen molar-refractivity contribution >= 4 is 0 Å². The number of nitrogens with zero attached hydrogens (tertiary/aromatic N) is 1. The molecule has 0 aromatic carbocycles. The van der Waals surface area contributed by atoms with E-state index in [1.54, 1.807) is 6.20 Å². The summed E-state index contributed by atoms with van der Waals surface area (Å²) in [5, 5.41) is 11.6. The van der Waals surface area contributed by atoms with E-state index >= 15 is 0 Å². The Labute approximate surface area is 81.2 Å². The van der Waals surface area contributed by atoms with Gasteiger partial charge in [-0.2, -0.15) is 0 Å². The van der Waals surface area contributed by atoms with E-state index in [4.69, 9.17) is 0 Å². The number of likely N-dealkylation sites (tertiary alicyclic amines) is 1. The van der Waals surface area contributed by atoms with Gasteiger partial charge in [0.05, 0.1) is 0 Å². The van der Waals surface area contributed by atoms with Gasteiger partial charge in [0.25, 0.3) is 0 Å². The molecule has 0 radical (unpaired) electrons. The van der Waals surface area contributed by atoms with Crippen LogP contribution in [0.3, 0.4) is 0 Å². The third kappa shape index (κ3) is 3.29. The average Bonchev–Trinajstić information content (AvgIpc) is 2.04. The first-order valence-electron chi connectivity index (χ1n) is 5.13. The van der Waals surface area contributed by atoms with Gasteiger partial charge in [0, 0.05) is 13.1 Å². The third-order valence-electron chi connectivity index (χ3n) is 2.43. The fourth-order valence-corrected chi connectivity index (χ4v) is 1.41. The molecular formula is C11H20NO-. The molecule has 0 aromatic heterocycles. The molecule has 1 aliphatic heterocycles. The van der Waals surface area contributed by atoms with Crippen LogP contribution < -0.4 is 5.11 Å². The minimum absolute atomic E-state index is 0.225. The standard InChI is InChI=1S/C11H21NO/c1-11(2,3)10(13)9-12-7-5-4-6-8-12/h9,13H,4-8H2,1-3H3/p-1/b10-9-. The molecule has 1 saturated heterocycles. The molecule has 0 bridgehead atoms. The van der Waals surface area contributed by atoms with Crippen LogP contribution in [-0.4, -0.2) is 18.0 Å². The molecule has 2 heteroatoms. The summed E-state index contributed by atoms with van der Waals surface area (Å²) in [6.07, 6.45) is 5.58. The molecule has 0 aromatic rings. The van der Waals surface area contributed by atoms with Gasteiger partial charge in [-0.1, -0.05) is 20.8 Å². The molecule has 0 spiro atoms. The van der Waals surface area contributed by atoms with Gasteiger partial charge < -0.3 is 10.0 Å². The van der Waals surface area contributed by atoms with E-state index in [9.17, 15) is 5.11 Å². The van der Waals surface area contributed by atoms with Crippen LogP contribution in [0.4, 0.5) is 0 Å². The first kappa shape index (κ1) is 10.4. The van der Waals surface area contributed by atoms with E-state index in [-0.39, 0.29) is 11.2 Å². The summed E-state index contributed by atoms with van der Waals surface area (Å²) in [5.41, 5.74) is -0.225. The quantitative estimate of drug-likeness (QED) is 0.577. The molecule has 0 aliphatic carbocycles. The maximum absolute atomic E-state index is 11.6. The maximum atomic E-state index is 11.6. The number of rotatable bonds is 1. The highest BCUT2D eigenvalue weighted by atomic mass is 16.3. The van der Waals surface area contributed by atoms with E-state index in [0.717, 1.165) is 13.1 Å². The van der Waals surface area contributed by atoms with Crippen LogP contribution in [0, 0.1) is 5.41 Å². The van der Waals surface area contributed by atoms with Crippen molar-refractivity contribution in [2.45, 2.75) is 40.0 Å². The molecule has 0 amide bonds. The molecule has 76 valence electrons. The summed E-state index contributed by atoms with van der Waals surface area (Å²) in [6.45, 7) is 8.02. The SMILES string of the molecule is CC(C)(C)/C([O-])=C/N1CCCCC1. The Balaban J connectivity index is 2.53. The lowest BCUT2D eigenvalue weighted by Gasteiger charge is -2.33. The van der Waals surface area contributed by atoms with Gasteiger partial charge in [0.2, 0.25) is 0 Å². The van der Waals surface area contributed by atoms with Gasteiger partial charge in [-0.3, -0.25) is 0 Å². The minimum atomic E-state index is -0.225. The molecule has 13 heavy (non-hydrogen) atoms. The smallest absolute Gasteiger partial charge is 0.0172 e. The van der Waals surface area contributed by atoms with Crippen molar-refractivity contribution < 1.29 is 5.11 Å². The monoisotopic (exact) mass is 182 g/mol. The number of piperidine rings is 1. The molecule has 2 nitrogen and oxygen atoms in total. The van der Waals surface area contributed by atoms with Crippen LogP contribution in [-0.2, 0) is 0 Å². The normalized spacial score (nSPS) is 20.5. The van der Waals surface area contributed by atoms with Gasteiger partial charge >= 0.3 is 0 Å². The fourth-order valence-electron chi connectivity index (χ4n) is 1.41. The first-order valence-corrected chi connectivity index (χ1v) is 5.13. The summed E-state index contributed by atoms with van der Waals surface area (Å²) in [7, 11) is 0. The zero-order valence-electron chi connectivity index (χ0n) is 8.97. The largest absolute Gasteiger partial charge is 0.874 e. The molecule has 0 N–H and O–H groups in total. The van der Waals surface area contributed by atoms with E-state index in [1.165, 1.54) is 19.3 Å². The Morgan fingerprint density at radius 1 is 1.15 bits per heavy atom. The average molecular weight is 182 g/mol. The first-order chi connectivity index (χ1) is 6.00. The predicted molar refractivity (Wildman–Crippen MR) is 53.0 cm³/mol. The second kappa shape index (κ2) is 4.03. The topological polar surface area (TPSA) is 26.3 Å². The second-order valence-corrected chi connectivity index (χ2v) is 4.84. The zero-order chi connectivity index (χ0) is 9.90. The highest BCUT2D eigenvalue weighted by molar-refractivity contribution is 4.99. The summed E-state index contributed by atoms with van der Waals surface area (Å²) in [5.74, 6) is 0.245. The molecule has 0 saturated carbocycles. The van der Waals surface area contributed by atoms with Crippen LogP contribution >= 0.6 is 0 Å². The lowest BCUT2D eigenvalue weighted by Crippen LogP contribution is -2.29. The lowest BCUT2D eigenvalue weighted by molar-refractivity contribution is -0.324.